The predicted octanol–water partition coefficient (Wildman–Crippen LogP) is 2.60. The minimum absolute atomic E-state index is 0.113. The van der Waals surface area contributed by atoms with Gasteiger partial charge in [0.25, 0.3) is 0 Å². The molecule has 1 rings (SSSR count). The van der Waals surface area contributed by atoms with Gasteiger partial charge in [-0.05, 0) is 40.6 Å². The molecule has 1 aromatic carbocycles. The van der Waals surface area contributed by atoms with E-state index in [0.29, 0.717) is 0 Å². The molecule has 0 aliphatic rings. The number of nitrogens with one attached hydrogen (secondary N) is 1. The van der Waals surface area contributed by atoms with Crippen LogP contribution in [0.3, 0.4) is 0 Å². The molecule has 1 aromatic rings. The van der Waals surface area contributed by atoms with Crippen molar-refractivity contribution < 1.29 is 4.79 Å². The summed E-state index contributed by atoms with van der Waals surface area (Å²) in [4.78, 5) is 11.8. The minimum atomic E-state index is -0.444. The molecule has 0 fully saturated rings. The van der Waals surface area contributed by atoms with Crippen molar-refractivity contribution in [3.63, 3.8) is 0 Å². The lowest BCUT2D eigenvalue weighted by atomic mass is 9.99. The SMILES string of the molecule is CCC(C)[C@H](N)C(=O)Nc1ccccc1I. The van der Waals surface area contributed by atoms with Crippen molar-refractivity contribution in [2.24, 2.45) is 11.7 Å². The molecule has 0 heterocycles. The Balaban J connectivity index is 2.68. The van der Waals surface area contributed by atoms with E-state index >= 15 is 0 Å². The molecule has 16 heavy (non-hydrogen) atoms. The molecule has 3 nitrogen and oxygen atoms in total. The second kappa shape index (κ2) is 6.20. The highest BCUT2D eigenvalue weighted by molar-refractivity contribution is 14.1. The van der Waals surface area contributed by atoms with Gasteiger partial charge < -0.3 is 11.1 Å². The summed E-state index contributed by atoms with van der Waals surface area (Å²) in [7, 11) is 0. The molecule has 0 aromatic heterocycles. The largest absolute Gasteiger partial charge is 0.324 e. The quantitative estimate of drug-likeness (QED) is 0.833. The van der Waals surface area contributed by atoms with E-state index in [-0.39, 0.29) is 11.8 Å². The second-order valence-electron chi connectivity index (χ2n) is 3.88. The first-order chi connectivity index (χ1) is 7.56. The normalized spacial score (nSPS) is 14.2. The molecule has 0 aliphatic heterocycles. The summed E-state index contributed by atoms with van der Waals surface area (Å²) in [5.41, 5.74) is 6.68. The minimum Gasteiger partial charge on any atom is -0.324 e. The lowest BCUT2D eigenvalue weighted by Gasteiger charge is -2.18. The number of nitrogens with two attached hydrogens (primary N) is 1. The van der Waals surface area contributed by atoms with E-state index < -0.39 is 6.04 Å². The van der Waals surface area contributed by atoms with Gasteiger partial charge in [0.1, 0.15) is 0 Å². The third kappa shape index (κ3) is 3.45. The third-order valence-corrected chi connectivity index (χ3v) is 3.63. The van der Waals surface area contributed by atoms with E-state index in [0.717, 1.165) is 15.7 Å². The second-order valence-corrected chi connectivity index (χ2v) is 5.04. The van der Waals surface area contributed by atoms with Crippen LogP contribution in [-0.2, 0) is 4.79 Å². The Morgan fingerprint density at radius 2 is 2.12 bits per heavy atom. The summed E-state index contributed by atoms with van der Waals surface area (Å²) < 4.78 is 1.02. The van der Waals surface area contributed by atoms with Crippen LogP contribution >= 0.6 is 22.6 Å². The van der Waals surface area contributed by atoms with Crippen LogP contribution in [0.25, 0.3) is 0 Å². The average molecular weight is 332 g/mol. The van der Waals surface area contributed by atoms with Crippen LogP contribution < -0.4 is 11.1 Å². The lowest BCUT2D eigenvalue weighted by molar-refractivity contribution is -0.118. The van der Waals surface area contributed by atoms with Gasteiger partial charge in [0.05, 0.1) is 11.7 Å². The first-order valence-electron chi connectivity index (χ1n) is 5.37. The zero-order valence-corrected chi connectivity index (χ0v) is 11.7. The fourth-order valence-corrected chi connectivity index (χ4v) is 1.81. The molecule has 3 N–H and O–H groups in total. The van der Waals surface area contributed by atoms with E-state index in [1.54, 1.807) is 0 Å². The van der Waals surface area contributed by atoms with Gasteiger partial charge in [-0.2, -0.15) is 0 Å². The maximum atomic E-state index is 11.8. The van der Waals surface area contributed by atoms with Crippen LogP contribution in [-0.4, -0.2) is 11.9 Å². The molecule has 0 spiro atoms. The number of para-hydroxylation sites is 1. The summed E-state index contributed by atoms with van der Waals surface area (Å²) >= 11 is 2.19. The first-order valence-corrected chi connectivity index (χ1v) is 6.45. The van der Waals surface area contributed by atoms with Gasteiger partial charge in [0.15, 0.2) is 0 Å². The molecule has 1 amide bonds. The molecule has 0 saturated heterocycles. The number of amides is 1. The zero-order valence-electron chi connectivity index (χ0n) is 9.53. The van der Waals surface area contributed by atoms with Crippen molar-refractivity contribution in [3.05, 3.63) is 27.8 Å². The first kappa shape index (κ1) is 13.4. The standard InChI is InChI=1S/C12H17IN2O/c1-3-8(2)11(14)12(16)15-10-7-5-4-6-9(10)13/h4-8,11H,3,14H2,1-2H3,(H,15,16)/t8?,11-/m0/s1. The number of anilines is 1. The van der Waals surface area contributed by atoms with Crippen LogP contribution in [0.15, 0.2) is 24.3 Å². The van der Waals surface area contributed by atoms with Gasteiger partial charge in [-0.15, -0.1) is 0 Å². The molecule has 4 heteroatoms. The molecular weight excluding hydrogens is 315 g/mol. The zero-order chi connectivity index (χ0) is 12.1. The number of rotatable bonds is 4. The average Bonchev–Trinajstić information content (AvgIpc) is 2.30. The third-order valence-electron chi connectivity index (χ3n) is 2.69. The van der Waals surface area contributed by atoms with E-state index in [9.17, 15) is 4.79 Å². The predicted molar refractivity (Wildman–Crippen MR) is 75.2 cm³/mol. The van der Waals surface area contributed by atoms with E-state index in [2.05, 4.69) is 27.9 Å². The maximum absolute atomic E-state index is 11.8. The number of hydrogen-bond acceptors (Lipinski definition) is 2. The molecule has 0 aliphatic carbocycles. The van der Waals surface area contributed by atoms with E-state index in [1.807, 2.05) is 38.1 Å². The highest BCUT2D eigenvalue weighted by Crippen LogP contribution is 2.17. The van der Waals surface area contributed by atoms with Crippen molar-refractivity contribution in [1.29, 1.82) is 0 Å². The summed E-state index contributed by atoms with van der Waals surface area (Å²) in [5, 5.41) is 2.85. The van der Waals surface area contributed by atoms with Crippen LogP contribution in [0.1, 0.15) is 20.3 Å². The smallest absolute Gasteiger partial charge is 0.241 e. The number of carbonyl (C=O) groups is 1. The van der Waals surface area contributed by atoms with Crippen LogP contribution in [0, 0.1) is 9.49 Å². The molecule has 0 bridgehead atoms. The topological polar surface area (TPSA) is 55.1 Å². The van der Waals surface area contributed by atoms with Gasteiger partial charge in [0.2, 0.25) is 5.91 Å². The Morgan fingerprint density at radius 1 is 1.50 bits per heavy atom. The molecule has 0 saturated carbocycles. The van der Waals surface area contributed by atoms with Crippen molar-refractivity contribution >= 4 is 34.2 Å². The van der Waals surface area contributed by atoms with Crippen LogP contribution in [0.5, 0.6) is 0 Å². The van der Waals surface area contributed by atoms with Crippen molar-refractivity contribution in [1.82, 2.24) is 0 Å². The lowest BCUT2D eigenvalue weighted by Crippen LogP contribution is -2.40. The summed E-state index contributed by atoms with van der Waals surface area (Å²) in [6.45, 7) is 4.02. The van der Waals surface area contributed by atoms with Gasteiger partial charge in [-0.3, -0.25) is 4.79 Å². The molecule has 2 atom stereocenters. The number of benzene rings is 1. The van der Waals surface area contributed by atoms with Crippen molar-refractivity contribution in [3.8, 4) is 0 Å². The van der Waals surface area contributed by atoms with E-state index in [4.69, 9.17) is 5.73 Å². The van der Waals surface area contributed by atoms with Crippen molar-refractivity contribution in [2.45, 2.75) is 26.3 Å². The number of carbonyl (C=O) groups excluding carboxylic acids is 1. The summed E-state index contributed by atoms with van der Waals surface area (Å²) in [5.74, 6) is 0.0832. The van der Waals surface area contributed by atoms with Crippen LogP contribution in [0.4, 0.5) is 5.69 Å². The maximum Gasteiger partial charge on any atom is 0.241 e. The monoisotopic (exact) mass is 332 g/mol. The van der Waals surface area contributed by atoms with Gasteiger partial charge >= 0.3 is 0 Å². The Morgan fingerprint density at radius 3 is 2.69 bits per heavy atom. The van der Waals surface area contributed by atoms with E-state index in [1.165, 1.54) is 0 Å². The Bertz CT molecular complexity index is 368. The van der Waals surface area contributed by atoms with Gasteiger partial charge in [-0.1, -0.05) is 32.4 Å². The van der Waals surface area contributed by atoms with Crippen molar-refractivity contribution in [2.75, 3.05) is 5.32 Å². The highest BCUT2D eigenvalue weighted by atomic mass is 127. The number of hydrogen-bond donors (Lipinski definition) is 2. The summed E-state index contributed by atoms with van der Waals surface area (Å²) in [6.07, 6.45) is 0.903. The van der Waals surface area contributed by atoms with Gasteiger partial charge in [-0.25, -0.2) is 0 Å². The molecule has 1 unspecified atom stereocenters. The van der Waals surface area contributed by atoms with Crippen LogP contribution in [0.2, 0.25) is 0 Å². The Labute approximate surface area is 110 Å². The molecule has 0 radical (unpaired) electrons. The number of halogens is 1. The highest BCUT2D eigenvalue weighted by Gasteiger charge is 2.19. The molecule has 88 valence electrons. The Kier molecular flexibility index (Phi) is 5.21. The fraction of sp³-hybridized carbons (Fsp3) is 0.417. The summed E-state index contributed by atoms with van der Waals surface area (Å²) in [6, 6.07) is 7.22. The Hall–Kier alpha value is -0.620. The fourth-order valence-electron chi connectivity index (χ4n) is 1.29. The van der Waals surface area contributed by atoms with Gasteiger partial charge in [0, 0.05) is 3.57 Å². The molecular formula is C12H17IN2O.